The van der Waals surface area contributed by atoms with Crippen LogP contribution in [0.2, 0.25) is 0 Å². The van der Waals surface area contributed by atoms with Crippen LogP contribution in [0.25, 0.3) is 0 Å². The largest absolute Gasteiger partial charge is 0.394 e. The summed E-state index contributed by atoms with van der Waals surface area (Å²) in [7, 11) is 0. The van der Waals surface area contributed by atoms with Crippen molar-refractivity contribution in [2.75, 3.05) is 32.8 Å². The van der Waals surface area contributed by atoms with E-state index in [0.717, 1.165) is 49.9 Å². The fourth-order valence-corrected chi connectivity index (χ4v) is 3.86. The Morgan fingerprint density at radius 2 is 2.05 bits per heavy atom. The molecule has 1 aromatic carbocycles. The predicted octanol–water partition coefficient (Wildman–Crippen LogP) is 1.57. The normalized spacial score (nSPS) is 28.1. The number of fused-ring (bicyclic) bond motifs is 1. The van der Waals surface area contributed by atoms with Crippen LogP contribution < -0.4 is 5.32 Å². The summed E-state index contributed by atoms with van der Waals surface area (Å²) in [5.41, 5.74) is 2.80. The van der Waals surface area contributed by atoms with Gasteiger partial charge in [0, 0.05) is 36.2 Å². The molecule has 0 spiro atoms. The van der Waals surface area contributed by atoms with E-state index in [2.05, 4.69) is 44.3 Å². The Morgan fingerprint density at radius 3 is 2.79 bits per heavy atom. The lowest BCUT2D eigenvalue weighted by molar-refractivity contribution is 0.0100. The fraction of sp³-hybridized carbons (Fsp3) is 0.600. The molecule has 1 fully saturated rings. The first kappa shape index (κ1) is 13.6. The number of aliphatic hydroxyl groups is 1. The molecule has 0 bridgehead atoms. The molecule has 1 atom stereocenters. The number of rotatable bonds is 2. The summed E-state index contributed by atoms with van der Waals surface area (Å²) in [6.45, 7) is 4.44. The summed E-state index contributed by atoms with van der Waals surface area (Å²) in [5, 5.41) is 13.4. The van der Waals surface area contributed by atoms with Crippen LogP contribution in [-0.4, -0.2) is 48.3 Å². The lowest BCUT2D eigenvalue weighted by atomic mass is 9.77. The highest BCUT2D eigenvalue weighted by atomic mass is 79.9. The molecule has 0 amide bonds. The van der Waals surface area contributed by atoms with Crippen LogP contribution >= 0.6 is 15.9 Å². The Hall–Kier alpha value is -0.420. The van der Waals surface area contributed by atoms with Crippen molar-refractivity contribution < 1.29 is 5.11 Å². The lowest BCUT2D eigenvalue weighted by Crippen LogP contribution is -2.60. The van der Waals surface area contributed by atoms with E-state index in [4.69, 9.17) is 0 Å². The molecule has 1 unspecified atom stereocenters. The summed E-state index contributed by atoms with van der Waals surface area (Å²) >= 11 is 3.54. The van der Waals surface area contributed by atoms with Gasteiger partial charge in [-0.25, -0.2) is 0 Å². The third kappa shape index (κ3) is 2.59. The van der Waals surface area contributed by atoms with Gasteiger partial charge in [0.05, 0.1) is 6.61 Å². The fourth-order valence-electron chi connectivity index (χ4n) is 3.45. The highest BCUT2D eigenvalue weighted by molar-refractivity contribution is 9.10. The van der Waals surface area contributed by atoms with E-state index in [1.165, 1.54) is 11.1 Å². The SMILES string of the molecule is OCC1(N2CCNCC2)CCc2cc(Br)ccc2C1. The van der Waals surface area contributed by atoms with E-state index in [0.29, 0.717) is 0 Å². The van der Waals surface area contributed by atoms with Crippen LogP contribution in [0.1, 0.15) is 17.5 Å². The van der Waals surface area contributed by atoms with Crippen molar-refractivity contribution in [2.24, 2.45) is 0 Å². The molecule has 104 valence electrons. The molecule has 4 heteroatoms. The van der Waals surface area contributed by atoms with E-state index < -0.39 is 0 Å². The van der Waals surface area contributed by atoms with E-state index in [1.54, 1.807) is 0 Å². The number of halogens is 1. The molecule has 1 aliphatic carbocycles. The van der Waals surface area contributed by atoms with E-state index in [9.17, 15) is 5.11 Å². The highest BCUT2D eigenvalue weighted by Crippen LogP contribution is 2.34. The molecule has 2 aliphatic rings. The molecule has 0 aromatic heterocycles. The quantitative estimate of drug-likeness (QED) is 0.867. The summed E-state index contributed by atoms with van der Waals surface area (Å²) < 4.78 is 1.16. The zero-order chi connectivity index (χ0) is 13.3. The van der Waals surface area contributed by atoms with Gasteiger partial charge in [-0.15, -0.1) is 0 Å². The van der Waals surface area contributed by atoms with E-state index in [-0.39, 0.29) is 12.1 Å². The number of piperazine rings is 1. The van der Waals surface area contributed by atoms with Crippen molar-refractivity contribution in [3.8, 4) is 0 Å². The van der Waals surface area contributed by atoms with Gasteiger partial charge >= 0.3 is 0 Å². The molecule has 1 heterocycles. The van der Waals surface area contributed by atoms with Gasteiger partial charge in [-0.05, 0) is 42.5 Å². The smallest absolute Gasteiger partial charge is 0.0618 e. The number of nitrogens with zero attached hydrogens (tertiary/aromatic N) is 1. The van der Waals surface area contributed by atoms with Gasteiger partial charge in [-0.3, -0.25) is 4.90 Å². The third-order valence-corrected chi connectivity index (χ3v) is 5.12. The predicted molar refractivity (Wildman–Crippen MR) is 80.4 cm³/mol. The van der Waals surface area contributed by atoms with E-state index >= 15 is 0 Å². The average Bonchev–Trinajstić information content (AvgIpc) is 2.48. The second-order valence-corrected chi connectivity index (χ2v) is 6.62. The van der Waals surface area contributed by atoms with Crippen LogP contribution in [0.5, 0.6) is 0 Å². The number of nitrogens with one attached hydrogen (secondary N) is 1. The average molecular weight is 325 g/mol. The van der Waals surface area contributed by atoms with Crippen LogP contribution in [0.4, 0.5) is 0 Å². The number of hydrogen-bond acceptors (Lipinski definition) is 3. The van der Waals surface area contributed by atoms with Crippen molar-refractivity contribution in [3.63, 3.8) is 0 Å². The third-order valence-electron chi connectivity index (χ3n) is 4.63. The van der Waals surface area contributed by atoms with Crippen molar-refractivity contribution in [2.45, 2.75) is 24.8 Å². The molecule has 19 heavy (non-hydrogen) atoms. The molecule has 1 aliphatic heterocycles. The summed E-state index contributed by atoms with van der Waals surface area (Å²) in [6, 6.07) is 6.56. The number of hydrogen-bond donors (Lipinski definition) is 2. The standard InChI is InChI=1S/C15H21BrN2O/c16-14-2-1-13-10-15(11-19,4-3-12(13)9-14)18-7-5-17-6-8-18/h1-2,9,17,19H,3-8,10-11H2. The van der Waals surface area contributed by atoms with Gasteiger partial charge in [0.15, 0.2) is 0 Å². The van der Waals surface area contributed by atoms with Gasteiger partial charge < -0.3 is 10.4 Å². The van der Waals surface area contributed by atoms with E-state index in [1.807, 2.05) is 0 Å². The second-order valence-electron chi connectivity index (χ2n) is 5.71. The van der Waals surface area contributed by atoms with Crippen molar-refractivity contribution in [3.05, 3.63) is 33.8 Å². The number of aryl methyl sites for hydroxylation is 1. The minimum absolute atomic E-state index is 0.0388. The van der Waals surface area contributed by atoms with Gasteiger partial charge in [0.1, 0.15) is 0 Å². The van der Waals surface area contributed by atoms with Crippen molar-refractivity contribution >= 4 is 15.9 Å². The molecule has 3 rings (SSSR count). The maximum absolute atomic E-state index is 10.0. The molecule has 1 saturated heterocycles. The molecular weight excluding hydrogens is 304 g/mol. The lowest BCUT2D eigenvalue weighted by Gasteiger charge is -2.47. The Labute approximate surface area is 123 Å². The zero-order valence-corrected chi connectivity index (χ0v) is 12.7. The Bertz CT molecular complexity index is 459. The molecule has 3 nitrogen and oxygen atoms in total. The first-order valence-corrected chi connectivity index (χ1v) is 7.87. The molecular formula is C15H21BrN2O. The van der Waals surface area contributed by atoms with Crippen molar-refractivity contribution in [1.29, 1.82) is 0 Å². The van der Waals surface area contributed by atoms with Gasteiger partial charge in [0.25, 0.3) is 0 Å². The summed E-state index contributed by atoms with van der Waals surface area (Å²) in [5.74, 6) is 0. The Balaban J connectivity index is 1.86. The first-order valence-electron chi connectivity index (χ1n) is 7.07. The Morgan fingerprint density at radius 1 is 1.26 bits per heavy atom. The van der Waals surface area contributed by atoms with Crippen LogP contribution in [0.3, 0.4) is 0 Å². The van der Waals surface area contributed by atoms with Crippen LogP contribution in [-0.2, 0) is 12.8 Å². The van der Waals surface area contributed by atoms with Gasteiger partial charge in [-0.2, -0.15) is 0 Å². The van der Waals surface area contributed by atoms with Crippen LogP contribution in [0, 0.1) is 0 Å². The van der Waals surface area contributed by atoms with Gasteiger partial charge in [-0.1, -0.05) is 22.0 Å². The minimum Gasteiger partial charge on any atom is -0.394 e. The maximum atomic E-state index is 10.0. The van der Waals surface area contributed by atoms with Gasteiger partial charge in [0.2, 0.25) is 0 Å². The number of benzene rings is 1. The molecule has 0 radical (unpaired) electrons. The topological polar surface area (TPSA) is 35.5 Å². The van der Waals surface area contributed by atoms with Crippen LogP contribution in [0.15, 0.2) is 22.7 Å². The second kappa shape index (κ2) is 5.52. The summed E-state index contributed by atoms with van der Waals surface area (Å²) in [6.07, 6.45) is 3.11. The molecule has 2 N–H and O–H groups in total. The van der Waals surface area contributed by atoms with Crippen molar-refractivity contribution in [1.82, 2.24) is 10.2 Å². The zero-order valence-electron chi connectivity index (χ0n) is 11.2. The summed E-state index contributed by atoms with van der Waals surface area (Å²) in [4.78, 5) is 2.49. The molecule has 1 aromatic rings. The highest BCUT2D eigenvalue weighted by Gasteiger charge is 2.39. The minimum atomic E-state index is -0.0388. The maximum Gasteiger partial charge on any atom is 0.0618 e. The number of aliphatic hydroxyl groups excluding tert-OH is 1. The Kier molecular flexibility index (Phi) is 3.94. The molecule has 0 saturated carbocycles. The first-order chi connectivity index (χ1) is 9.23. The monoisotopic (exact) mass is 324 g/mol.